The van der Waals surface area contributed by atoms with Gasteiger partial charge in [-0.1, -0.05) is 24.8 Å². The first kappa shape index (κ1) is 17.7. The number of aromatic nitrogens is 1. The fraction of sp³-hybridized carbons (Fsp3) is 0.294. The molecule has 128 valence electrons. The number of carbonyl (C=O) groups is 2. The van der Waals surface area contributed by atoms with Crippen LogP contribution >= 0.6 is 0 Å². The van der Waals surface area contributed by atoms with E-state index in [1.54, 1.807) is 6.20 Å². The van der Waals surface area contributed by atoms with Gasteiger partial charge >= 0.3 is 5.97 Å². The molecular formula is C17H20FN3O3. The Kier molecular flexibility index (Phi) is 5.70. The molecule has 2 atom stereocenters. The number of aromatic amines is 1. The average molecular weight is 333 g/mol. The van der Waals surface area contributed by atoms with Crippen LogP contribution in [0.4, 0.5) is 4.48 Å². The maximum Gasteiger partial charge on any atom is 0.326 e. The molecule has 2 rings (SSSR count). The molecule has 24 heavy (non-hydrogen) atoms. The number of hydrogen-bond donors (Lipinski definition) is 2. The van der Waals surface area contributed by atoms with Crippen LogP contribution in [0.1, 0.15) is 12.5 Å². The lowest BCUT2D eigenvalue weighted by Crippen LogP contribution is -2.50. The summed E-state index contributed by atoms with van der Waals surface area (Å²) in [6.07, 6.45) is 1.87. The van der Waals surface area contributed by atoms with E-state index in [1.807, 2.05) is 24.3 Å². The average Bonchev–Trinajstić information content (AvgIpc) is 3.01. The van der Waals surface area contributed by atoms with Gasteiger partial charge in [0.25, 0.3) is 0 Å². The van der Waals surface area contributed by atoms with Gasteiger partial charge in [-0.25, -0.2) is 0 Å². The minimum Gasteiger partial charge on any atom is -0.468 e. The molecule has 0 spiro atoms. The fourth-order valence-electron chi connectivity index (χ4n) is 2.51. The lowest BCUT2D eigenvalue weighted by Gasteiger charge is -2.27. The maximum atomic E-state index is 14.7. The molecule has 0 fully saturated rings. The second-order valence-corrected chi connectivity index (χ2v) is 5.34. The fourth-order valence-corrected chi connectivity index (χ4v) is 2.51. The van der Waals surface area contributed by atoms with Crippen LogP contribution in [-0.4, -0.2) is 41.3 Å². The minimum atomic E-state index is -1.19. The van der Waals surface area contributed by atoms with Crippen LogP contribution in [0.15, 0.2) is 43.1 Å². The highest BCUT2D eigenvalue weighted by atomic mass is 19.2. The van der Waals surface area contributed by atoms with E-state index in [0.29, 0.717) is 0 Å². The summed E-state index contributed by atoms with van der Waals surface area (Å²) in [5, 5.41) is 3.58. The highest BCUT2D eigenvalue weighted by Gasteiger charge is 2.32. The molecule has 2 unspecified atom stereocenters. The molecule has 2 aromatic rings. The molecule has 1 heterocycles. The molecular weight excluding hydrogens is 313 g/mol. The van der Waals surface area contributed by atoms with Crippen molar-refractivity contribution in [1.82, 2.24) is 15.4 Å². The number of para-hydroxylation sites is 1. The van der Waals surface area contributed by atoms with Gasteiger partial charge in [0.15, 0.2) is 0 Å². The van der Waals surface area contributed by atoms with Crippen LogP contribution in [0.3, 0.4) is 0 Å². The summed E-state index contributed by atoms with van der Waals surface area (Å²) in [5.74, 6) is -1.25. The van der Waals surface area contributed by atoms with Crippen molar-refractivity contribution in [2.24, 2.45) is 0 Å². The molecule has 0 saturated heterocycles. The molecule has 0 radical (unpaired) electrons. The lowest BCUT2D eigenvalue weighted by atomic mass is 10.0. The van der Waals surface area contributed by atoms with E-state index in [9.17, 15) is 14.1 Å². The van der Waals surface area contributed by atoms with E-state index in [1.165, 1.54) is 14.0 Å². The number of methoxy groups -OCH3 is 1. The smallest absolute Gasteiger partial charge is 0.326 e. The molecule has 1 aromatic carbocycles. The van der Waals surface area contributed by atoms with Crippen LogP contribution in [0.25, 0.3) is 10.9 Å². The first-order chi connectivity index (χ1) is 11.5. The first-order valence-corrected chi connectivity index (χ1v) is 7.47. The Labute approximate surface area is 139 Å². The van der Waals surface area contributed by atoms with Crippen LogP contribution in [-0.2, 0) is 20.7 Å². The number of benzene rings is 1. The maximum absolute atomic E-state index is 14.7. The third-order valence-corrected chi connectivity index (χ3v) is 3.77. The van der Waals surface area contributed by atoms with Crippen molar-refractivity contribution in [3.8, 4) is 0 Å². The number of H-pyrrole nitrogens is 1. The van der Waals surface area contributed by atoms with Gasteiger partial charge in [-0.05, 0) is 24.6 Å². The number of fused-ring (bicyclic) bond motifs is 1. The molecule has 0 aliphatic rings. The van der Waals surface area contributed by atoms with Crippen LogP contribution in [0.2, 0.25) is 0 Å². The van der Waals surface area contributed by atoms with Crippen LogP contribution in [0, 0.1) is 0 Å². The molecule has 0 aliphatic carbocycles. The molecule has 0 saturated carbocycles. The SMILES string of the molecule is C=CC(=O)NC(C)N(F)C(Cc1c[nH]c2ccccc12)C(=O)OC. The van der Waals surface area contributed by atoms with Crippen molar-refractivity contribution in [2.45, 2.75) is 25.6 Å². The number of ether oxygens (including phenoxy) is 1. The zero-order valence-electron chi connectivity index (χ0n) is 13.6. The number of hydrogen-bond acceptors (Lipinski definition) is 4. The number of esters is 1. The van der Waals surface area contributed by atoms with Crippen molar-refractivity contribution in [1.29, 1.82) is 0 Å². The van der Waals surface area contributed by atoms with E-state index >= 15 is 0 Å². The Morgan fingerprint density at radius 3 is 2.83 bits per heavy atom. The van der Waals surface area contributed by atoms with Crippen molar-refractivity contribution < 1.29 is 18.8 Å². The number of halogens is 1. The number of amides is 1. The van der Waals surface area contributed by atoms with Gasteiger partial charge in [-0.2, -0.15) is 0 Å². The van der Waals surface area contributed by atoms with E-state index in [4.69, 9.17) is 4.74 Å². The second kappa shape index (κ2) is 7.74. The van der Waals surface area contributed by atoms with Gasteiger partial charge < -0.3 is 15.0 Å². The molecule has 1 amide bonds. The summed E-state index contributed by atoms with van der Waals surface area (Å²) in [5.41, 5.74) is 1.68. The topological polar surface area (TPSA) is 74.4 Å². The summed E-state index contributed by atoms with van der Waals surface area (Å²) in [4.78, 5) is 26.4. The number of nitrogens with zero attached hydrogens (tertiary/aromatic N) is 1. The second-order valence-electron chi connectivity index (χ2n) is 5.34. The van der Waals surface area contributed by atoms with Gasteiger partial charge in [0.05, 0.1) is 7.11 Å². The minimum absolute atomic E-state index is 0.0987. The van der Waals surface area contributed by atoms with E-state index in [2.05, 4.69) is 16.9 Å². The highest BCUT2D eigenvalue weighted by Crippen LogP contribution is 2.22. The number of rotatable bonds is 7. The predicted molar refractivity (Wildman–Crippen MR) is 88.6 cm³/mol. The third-order valence-electron chi connectivity index (χ3n) is 3.77. The summed E-state index contributed by atoms with van der Waals surface area (Å²) in [6.45, 7) is 4.75. The summed E-state index contributed by atoms with van der Waals surface area (Å²) in [6, 6.07) is 6.35. The van der Waals surface area contributed by atoms with Gasteiger partial charge in [0, 0.05) is 23.5 Å². The Hall–Kier alpha value is -2.67. The largest absolute Gasteiger partial charge is 0.468 e. The zero-order valence-corrected chi connectivity index (χ0v) is 13.6. The normalized spacial score (nSPS) is 13.5. The van der Waals surface area contributed by atoms with E-state index < -0.39 is 24.1 Å². The monoisotopic (exact) mass is 333 g/mol. The van der Waals surface area contributed by atoms with Crippen molar-refractivity contribution in [3.05, 3.63) is 48.7 Å². The van der Waals surface area contributed by atoms with Crippen molar-refractivity contribution in [2.75, 3.05) is 7.11 Å². The number of carbonyl (C=O) groups excluding carboxylic acids is 2. The Balaban J connectivity index is 2.23. The van der Waals surface area contributed by atoms with Crippen molar-refractivity contribution >= 4 is 22.8 Å². The molecule has 6 nitrogen and oxygen atoms in total. The van der Waals surface area contributed by atoms with E-state index in [-0.39, 0.29) is 11.5 Å². The molecule has 0 aliphatic heterocycles. The van der Waals surface area contributed by atoms with Gasteiger partial charge in [0.2, 0.25) is 5.91 Å². The molecule has 1 aromatic heterocycles. The lowest BCUT2D eigenvalue weighted by molar-refractivity contribution is -0.161. The van der Waals surface area contributed by atoms with Gasteiger partial charge in [0.1, 0.15) is 12.2 Å². The number of nitrogens with one attached hydrogen (secondary N) is 2. The quantitative estimate of drug-likeness (QED) is 0.352. The van der Waals surface area contributed by atoms with Crippen LogP contribution in [0.5, 0.6) is 0 Å². The summed E-state index contributed by atoms with van der Waals surface area (Å²) >= 11 is 0. The van der Waals surface area contributed by atoms with Crippen molar-refractivity contribution in [3.63, 3.8) is 0 Å². The first-order valence-electron chi connectivity index (χ1n) is 7.47. The zero-order chi connectivity index (χ0) is 17.7. The van der Waals surface area contributed by atoms with Crippen LogP contribution < -0.4 is 5.32 Å². The standard InChI is InChI=1S/C17H20FN3O3/c1-4-16(22)20-11(2)21(18)15(17(23)24-3)9-12-10-19-14-8-6-5-7-13(12)14/h4-8,10-11,15,19H,1,9H2,2-3H3,(H,20,22). The Bertz CT molecular complexity index is 744. The highest BCUT2D eigenvalue weighted by molar-refractivity contribution is 5.87. The Morgan fingerprint density at radius 2 is 2.17 bits per heavy atom. The molecule has 2 N–H and O–H groups in total. The molecule has 0 bridgehead atoms. The Morgan fingerprint density at radius 1 is 1.46 bits per heavy atom. The van der Waals surface area contributed by atoms with Gasteiger partial charge in [-0.3, -0.25) is 9.59 Å². The predicted octanol–water partition coefficient (Wildman–Crippen LogP) is 2.09. The van der Waals surface area contributed by atoms with E-state index in [0.717, 1.165) is 22.5 Å². The van der Waals surface area contributed by atoms with Gasteiger partial charge in [-0.15, -0.1) is 9.60 Å². The molecule has 7 heteroatoms. The third kappa shape index (κ3) is 3.80. The summed E-state index contributed by atoms with van der Waals surface area (Å²) in [7, 11) is 1.20. The summed E-state index contributed by atoms with van der Waals surface area (Å²) < 4.78 is 19.4.